The van der Waals surface area contributed by atoms with E-state index in [9.17, 15) is 8.42 Å². The van der Waals surface area contributed by atoms with Gasteiger partial charge in [0.25, 0.3) is 0 Å². The van der Waals surface area contributed by atoms with E-state index in [-0.39, 0.29) is 17.0 Å². The normalized spacial score (nSPS) is 25.2. The highest BCUT2D eigenvalue weighted by atomic mass is 35.5. The third kappa shape index (κ3) is 2.49. The van der Waals surface area contributed by atoms with Gasteiger partial charge in [-0.2, -0.15) is 0 Å². The summed E-state index contributed by atoms with van der Waals surface area (Å²) in [6, 6.07) is 5.96. The van der Waals surface area contributed by atoms with E-state index in [1.54, 1.807) is 12.1 Å². The van der Waals surface area contributed by atoms with Crippen LogP contribution in [0.3, 0.4) is 0 Å². The summed E-state index contributed by atoms with van der Waals surface area (Å²) in [5.41, 5.74) is 5.53. The van der Waals surface area contributed by atoms with Gasteiger partial charge in [-0.25, -0.2) is 13.1 Å². The highest BCUT2D eigenvalue weighted by Crippen LogP contribution is 2.22. The molecule has 2 rings (SSSR count). The van der Waals surface area contributed by atoms with Gasteiger partial charge in [-0.1, -0.05) is 17.7 Å². The first-order valence-corrected chi connectivity index (χ1v) is 6.38. The second-order valence-electron chi connectivity index (χ2n) is 3.58. The Bertz CT molecular complexity index is 475. The van der Waals surface area contributed by atoms with Gasteiger partial charge in [0.05, 0.1) is 4.90 Å². The van der Waals surface area contributed by atoms with Gasteiger partial charge in [-0.15, -0.1) is 0 Å². The van der Waals surface area contributed by atoms with E-state index < -0.39 is 10.0 Å². The minimum Gasteiger partial charge on any atom is -0.326 e. The van der Waals surface area contributed by atoms with E-state index >= 15 is 0 Å². The van der Waals surface area contributed by atoms with Crippen molar-refractivity contribution in [1.29, 1.82) is 0 Å². The Morgan fingerprint density at radius 3 is 2.67 bits per heavy atom. The molecule has 82 valence electrons. The highest BCUT2D eigenvalue weighted by Gasteiger charge is 2.37. The minimum absolute atomic E-state index is 0.0565. The molecule has 0 amide bonds. The monoisotopic (exact) mass is 246 g/mol. The Labute approximate surface area is 93.5 Å². The van der Waals surface area contributed by atoms with Crippen LogP contribution in [-0.2, 0) is 10.0 Å². The number of halogens is 1. The molecule has 0 radical (unpaired) electrons. The lowest BCUT2D eigenvalue weighted by atomic mass is 10.4. The fourth-order valence-corrected chi connectivity index (χ4v) is 2.85. The fraction of sp³-hybridized carbons (Fsp3) is 0.333. The Kier molecular flexibility index (Phi) is 2.72. The molecule has 0 bridgehead atoms. The molecule has 1 fully saturated rings. The molecule has 4 nitrogen and oxygen atoms in total. The van der Waals surface area contributed by atoms with Gasteiger partial charge in [0.1, 0.15) is 0 Å². The minimum atomic E-state index is -3.47. The van der Waals surface area contributed by atoms with Crippen LogP contribution >= 0.6 is 11.6 Å². The zero-order valence-electron chi connectivity index (χ0n) is 7.85. The SMILES string of the molecule is NC1CC1NS(=O)(=O)c1cccc(Cl)c1. The van der Waals surface area contributed by atoms with Crippen LogP contribution in [0, 0.1) is 0 Å². The second kappa shape index (κ2) is 3.75. The predicted octanol–water partition coefficient (Wildman–Crippen LogP) is 0.718. The Morgan fingerprint density at radius 2 is 2.13 bits per heavy atom. The summed E-state index contributed by atoms with van der Waals surface area (Å²) in [4.78, 5) is 0.175. The quantitative estimate of drug-likeness (QED) is 0.826. The van der Waals surface area contributed by atoms with Crippen LogP contribution in [0.25, 0.3) is 0 Å². The summed E-state index contributed by atoms with van der Waals surface area (Å²) in [5, 5.41) is 0.401. The number of benzene rings is 1. The molecule has 0 spiro atoms. The van der Waals surface area contributed by atoms with Crippen molar-refractivity contribution in [2.24, 2.45) is 5.73 Å². The molecule has 3 N–H and O–H groups in total. The first kappa shape index (κ1) is 10.9. The van der Waals surface area contributed by atoms with Crippen LogP contribution in [0.15, 0.2) is 29.2 Å². The van der Waals surface area contributed by atoms with E-state index in [4.69, 9.17) is 17.3 Å². The van der Waals surface area contributed by atoms with Crippen LogP contribution in [0.2, 0.25) is 5.02 Å². The van der Waals surface area contributed by atoms with Gasteiger partial charge in [0.2, 0.25) is 10.0 Å². The largest absolute Gasteiger partial charge is 0.326 e. The van der Waals surface area contributed by atoms with Crippen LogP contribution in [0.4, 0.5) is 0 Å². The molecule has 1 aliphatic carbocycles. The summed E-state index contributed by atoms with van der Waals surface area (Å²) < 4.78 is 26.0. The Balaban J connectivity index is 2.21. The molecule has 6 heteroatoms. The van der Waals surface area contributed by atoms with Crippen molar-refractivity contribution in [2.75, 3.05) is 0 Å². The molecule has 15 heavy (non-hydrogen) atoms. The zero-order valence-corrected chi connectivity index (χ0v) is 9.42. The summed E-state index contributed by atoms with van der Waals surface area (Å²) in [6.07, 6.45) is 0.694. The van der Waals surface area contributed by atoms with Crippen LogP contribution in [0.1, 0.15) is 6.42 Å². The van der Waals surface area contributed by atoms with Crippen LogP contribution < -0.4 is 10.5 Å². The maximum atomic E-state index is 11.8. The molecule has 1 aromatic rings. The lowest BCUT2D eigenvalue weighted by molar-refractivity contribution is 0.580. The number of nitrogens with one attached hydrogen (secondary N) is 1. The van der Waals surface area contributed by atoms with E-state index in [0.29, 0.717) is 11.4 Å². The van der Waals surface area contributed by atoms with Crippen molar-refractivity contribution in [2.45, 2.75) is 23.4 Å². The molecule has 1 saturated carbocycles. The van der Waals surface area contributed by atoms with E-state index in [1.165, 1.54) is 12.1 Å². The molecule has 0 aliphatic heterocycles. The van der Waals surface area contributed by atoms with E-state index in [2.05, 4.69) is 4.72 Å². The molecule has 0 heterocycles. The molecule has 0 saturated heterocycles. The van der Waals surface area contributed by atoms with Gasteiger partial charge in [0.15, 0.2) is 0 Å². The summed E-state index contributed by atoms with van der Waals surface area (Å²) in [7, 11) is -3.47. The van der Waals surface area contributed by atoms with Crippen LogP contribution in [-0.4, -0.2) is 20.5 Å². The molecule has 0 aromatic heterocycles. The Hall–Kier alpha value is -0.620. The lowest BCUT2D eigenvalue weighted by Crippen LogP contribution is -2.29. The smallest absolute Gasteiger partial charge is 0.240 e. The van der Waals surface area contributed by atoms with Crippen molar-refractivity contribution in [1.82, 2.24) is 4.72 Å². The fourth-order valence-electron chi connectivity index (χ4n) is 1.25. The van der Waals surface area contributed by atoms with E-state index in [1.807, 2.05) is 0 Å². The van der Waals surface area contributed by atoms with Gasteiger partial charge in [0, 0.05) is 17.1 Å². The number of nitrogens with two attached hydrogens (primary N) is 1. The van der Waals surface area contributed by atoms with E-state index in [0.717, 1.165) is 0 Å². The summed E-state index contributed by atoms with van der Waals surface area (Å²) >= 11 is 5.71. The van der Waals surface area contributed by atoms with Crippen LogP contribution in [0.5, 0.6) is 0 Å². The van der Waals surface area contributed by atoms with Crippen molar-refractivity contribution in [3.05, 3.63) is 29.3 Å². The molecular weight excluding hydrogens is 236 g/mol. The average Bonchev–Trinajstić information content (AvgIpc) is 2.80. The maximum absolute atomic E-state index is 11.8. The first-order chi connectivity index (χ1) is 6.99. The van der Waals surface area contributed by atoms with Gasteiger partial charge >= 0.3 is 0 Å². The maximum Gasteiger partial charge on any atom is 0.240 e. The Morgan fingerprint density at radius 1 is 1.47 bits per heavy atom. The zero-order chi connectivity index (χ0) is 11.1. The van der Waals surface area contributed by atoms with Gasteiger partial charge < -0.3 is 5.73 Å². The second-order valence-corrected chi connectivity index (χ2v) is 5.74. The first-order valence-electron chi connectivity index (χ1n) is 4.52. The van der Waals surface area contributed by atoms with Crippen molar-refractivity contribution in [3.63, 3.8) is 0 Å². The molecule has 1 aromatic carbocycles. The number of rotatable bonds is 3. The predicted molar refractivity (Wildman–Crippen MR) is 58.2 cm³/mol. The third-order valence-corrected chi connectivity index (χ3v) is 3.98. The molecule has 2 unspecified atom stereocenters. The molecular formula is C9H11ClN2O2S. The summed E-state index contributed by atoms with van der Waals surface area (Å²) in [5.74, 6) is 0. The number of sulfonamides is 1. The summed E-state index contributed by atoms with van der Waals surface area (Å²) in [6.45, 7) is 0. The highest BCUT2D eigenvalue weighted by molar-refractivity contribution is 7.89. The number of hydrogen-bond acceptors (Lipinski definition) is 3. The van der Waals surface area contributed by atoms with Gasteiger partial charge in [-0.3, -0.25) is 0 Å². The number of hydrogen-bond donors (Lipinski definition) is 2. The van der Waals surface area contributed by atoms with Gasteiger partial charge in [-0.05, 0) is 24.6 Å². The van der Waals surface area contributed by atoms with Crippen molar-refractivity contribution in [3.8, 4) is 0 Å². The molecule has 2 atom stereocenters. The van der Waals surface area contributed by atoms with Crippen molar-refractivity contribution < 1.29 is 8.42 Å². The average molecular weight is 247 g/mol. The standard InChI is InChI=1S/C9H11ClN2O2S/c10-6-2-1-3-7(4-6)15(13,14)12-9-5-8(9)11/h1-4,8-9,12H,5,11H2. The van der Waals surface area contributed by atoms with Crippen molar-refractivity contribution >= 4 is 21.6 Å². The lowest BCUT2D eigenvalue weighted by Gasteiger charge is -2.05. The third-order valence-electron chi connectivity index (χ3n) is 2.25. The molecule has 1 aliphatic rings. The topological polar surface area (TPSA) is 72.2 Å².